The molecular weight excluding hydrogens is 506 g/mol. The fraction of sp³-hybridized carbons (Fsp3) is 0.182. The Morgan fingerprint density at radius 3 is 1.64 bits per heavy atom. The third-order valence-electron chi connectivity index (χ3n) is 5.40. The van der Waals surface area contributed by atoms with Crippen LogP contribution in [0, 0.1) is 0 Å². The predicted octanol–water partition coefficient (Wildman–Crippen LogP) is 3.65. The smallest absolute Gasteiger partial charge is 0.227 e. The zero-order valence-corrected chi connectivity index (χ0v) is 20.4. The summed E-state index contributed by atoms with van der Waals surface area (Å²) in [5.74, 6) is -0.0249. The first-order valence-corrected chi connectivity index (χ1v) is 15.0. The number of hydrogen-bond acceptors (Lipinski definition) is 6. The quantitative estimate of drug-likeness (QED) is 0.525. The largest absolute Gasteiger partial charge is 0.241 e. The average Bonchev–Trinajstić information content (AvgIpc) is 3.11. The minimum atomic E-state index is -3.99. The molecule has 3 aromatic rings. The number of benzene rings is 3. The van der Waals surface area contributed by atoms with Crippen molar-refractivity contribution in [2.24, 2.45) is 0 Å². The van der Waals surface area contributed by atoms with E-state index in [1.54, 1.807) is 24.3 Å². The molecule has 33 heavy (non-hydrogen) atoms. The minimum absolute atomic E-state index is 0.0249. The van der Waals surface area contributed by atoms with Gasteiger partial charge in [-0.25, -0.2) is 25.3 Å². The summed E-state index contributed by atoms with van der Waals surface area (Å²) in [6.07, 6.45) is 0.684. The van der Waals surface area contributed by atoms with Crippen LogP contribution in [0.25, 0.3) is 11.1 Å². The van der Waals surface area contributed by atoms with Gasteiger partial charge in [0.1, 0.15) is 5.37 Å². The maximum Gasteiger partial charge on any atom is 0.241 e. The van der Waals surface area contributed by atoms with E-state index in [4.69, 9.17) is 11.6 Å². The molecule has 0 amide bonds. The van der Waals surface area contributed by atoms with E-state index in [2.05, 4.69) is 4.72 Å². The number of nitrogens with one attached hydrogen (secondary N) is 1. The lowest BCUT2D eigenvalue weighted by molar-refractivity contribution is 0.559. The van der Waals surface area contributed by atoms with Crippen LogP contribution in [-0.2, 0) is 29.7 Å². The van der Waals surface area contributed by atoms with E-state index in [1.165, 1.54) is 48.5 Å². The topological polar surface area (TPSA) is 114 Å². The lowest BCUT2D eigenvalue weighted by Gasteiger charge is -2.13. The first-order chi connectivity index (χ1) is 15.5. The van der Waals surface area contributed by atoms with E-state index in [-0.39, 0.29) is 26.9 Å². The molecule has 1 aliphatic rings. The zero-order chi connectivity index (χ0) is 23.9. The molecule has 0 unspecified atom stereocenters. The van der Waals surface area contributed by atoms with Gasteiger partial charge in [0.15, 0.2) is 9.84 Å². The third-order valence-corrected chi connectivity index (χ3v) is 11.2. The van der Waals surface area contributed by atoms with Gasteiger partial charge in [0.2, 0.25) is 19.9 Å². The Kier molecular flexibility index (Phi) is 6.41. The van der Waals surface area contributed by atoms with Crippen molar-refractivity contribution in [3.8, 4) is 11.1 Å². The van der Waals surface area contributed by atoms with Crippen LogP contribution < -0.4 is 4.72 Å². The molecule has 0 spiro atoms. The molecule has 0 radical (unpaired) electrons. The Hall–Kier alpha value is -2.24. The summed E-state index contributed by atoms with van der Waals surface area (Å²) in [7, 11) is -11.2. The SMILES string of the molecule is O=S(=O)(N[C@H]1CCCS1(=O)=O)c1ccc(-c2ccc(S(=O)(=O)c3ccc(Cl)cc3)cc2)cc1. The summed E-state index contributed by atoms with van der Waals surface area (Å²) in [5.41, 5.74) is 1.37. The first-order valence-electron chi connectivity index (χ1n) is 9.94. The van der Waals surface area contributed by atoms with E-state index in [1.807, 2.05) is 0 Å². The molecule has 0 aromatic heterocycles. The van der Waals surface area contributed by atoms with Crippen molar-refractivity contribution in [2.75, 3.05) is 5.75 Å². The van der Waals surface area contributed by atoms with Crippen LogP contribution in [0.4, 0.5) is 0 Å². The number of rotatable bonds is 6. The van der Waals surface area contributed by atoms with Crippen molar-refractivity contribution in [3.05, 3.63) is 77.8 Å². The molecule has 1 saturated heterocycles. The van der Waals surface area contributed by atoms with Gasteiger partial charge >= 0.3 is 0 Å². The van der Waals surface area contributed by atoms with Crippen molar-refractivity contribution in [1.82, 2.24) is 4.72 Å². The van der Waals surface area contributed by atoms with Gasteiger partial charge in [-0.2, -0.15) is 4.72 Å². The Labute approximate surface area is 198 Å². The fourth-order valence-electron chi connectivity index (χ4n) is 3.57. The minimum Gasteiger partial charge on any atom is -0.227 e. The summed E-state index contributed by atoms with van der Waals surface area (Å²) in [6.45, 7) is 0. The van der Waals surface area contributed by atoms with E-state index in [0.29, 0.717) is 22.6 Å². The molecule has 1 fully saturated rings. The predicted molar refractivity (Wildman–Crippen MR) is 126 cm³/mol. The monoisotopic (exact) mass is 525 g/mol. The summed E-state index contributed by atoms with van der Waals surface area (Å²) in [4.78, 5) is 0.205. The molecular formula is C22H20ClNO6S3. The number of hydrogen-bond donors (Lipinski definition) is 1. The lowest BCUT2D eigenvalue weighted by Crippen LogP contribution is -2.37. The number of sulfonamides is 1. The highest BCUT2D eigenvalue weighted by molar-refractivity contribution is 7.94. The van der Waals surface area contributed by atoms with E-state index in [9.17, 15) is 25.3 Å². The highest BCUT2D eigenvalue weighted by atomic mass is 35.5. The Morgan fingerprint density at radius 1 is 0.727 bits per heavy atom. The molecule has 0 bridgehead atoms. The van der Waals surface area contributed by atoms with E-state index >= 15 is 0 Å². The van der Waals surface area contributed by atoms with Crippen molar-refractivity contribution in [2.45, 2.75) is 32.9 Å². The molecule has 174 valence electrons. The fourth-order valence-corrected chi connectivity index (χ4v) is 8.40. The van der Waals surface area contributed by atoms with Crippen LogP contribution in [0.2, 0.25) is 5.02 Å². The second-order valence-electron chi connectivity index (χ2n) is 7.63. The van der Waals surface area contributed by atoms with Gasteiger partial charge in [-0.1, -0.05) is 35.9 Å². The summed E-state index contributed by atoms with van der Waals surface area (Å²) in [6, 6.07) is 18.1. The van der Waals surface area contributed by atoms with Crippen LogP contribution in [0.15, 0.2) is 87.5 Å². The lowest BCUT2D eigenvalue weighted by atomic mass is 10.1. The van der Waals surface area contributed by atoms with Crippen molar-refractivity contribution in [1.29, 1.82) is 0 Å². The molecule has 1 heterocycles. The second-order valence-corrected chi connectivity index (χ2v) is 14.0. The molecule has 0 saturated carbocycles. The summed E-state index contributed by atoms with van der Waals surface area (Å²) < 4.78 is 76.9. The summed E-state index contributed by atoms with van der Waals surface area (Å²) in [5, 5.41) is -0.660. The molecule has 4 rings (SSSR count). The van der Waals surface area contributed by atoms with Crippen molar-refractivity contribution in [3.63, 3.8) is 0 Å². The maximum absolute atomic E-state index is 12.8. The van der Waals surface area contributed by atoms with Crippen LogP contribution >= 0.6 is 11.6 Å². The van der Waals surface area contributed by atoms with Gasteiger partial charge in [0.25, 0.3) is 0 Å². The number of sulfone groups is 2. The molecule has 3 aromatic carbocycles. The molecule has 0 aliphatic carbocycles. The van der Waals surface area contributed by atoms with Crippen molar-refractivity contribution < 1.29 is 25.3 Å². The zero-order valence-electron chi connectivity index (χ0n) is 17.2. The van der Waals surface area contributed by atoms with Gasteiger partial charge in [-0.3, -0.25) is 0 Å². The maximum atomic E-state index is 12.8. The molecule has 1 N–H and O–H groups in total. The van der Waals surface area contributed by atoms with E-state index < -0.39 is 35.1 Å². The standard InChI is InChI=1S/C22H20ClNO6S3/c23-18-7-13-20(14-8-18)32(27,28)19-9-3-16(4-10-19)17-5-11-21(12-6-17)33(29,30)24-22-2-1-15-31(22,25)26/h3-14,22,24H,1-2,15H2/t22-/m1/s1. The Morgan fingerprint density at radius 2 is 1.18 bits per heavy atom. The van der Waals surface area contributed by atoms with Gasteiger partial charge in [0.05, 0.1) is 20.4 Å². The normalized spacial score (nSPS) is 18.3. The molecule has 7 nitrogen and oxygen atoms in total. The molecule has 11 heteroatoms. The van der Waals surface area contributed by atoms with Crippen LogP contribution in [0.3, 0.4) is 0 Å². The molecule has 1 aliphatic heterocycles. The van der Waals surface area contributed by atoms with E-state index in [0.717, 1.165) is 0 Å². The Balaban J connectivity index is 1.54. The van der Waals surface area contributed by atoms with Gasteiger partial charge in [0, 0.05) is 5.02 Å². The number of halogens is 1. The first kappa shape index (κ1) is 23.9. The van der Waals surface area contributed by atoms with Crippen LogP contribution in [0.1, 0.15) is 12.8 Å². The van der Waals surface area contributed by atoms with Crippen LogP contribution in [-0.4, -0.2) is 36.4 Å². The van der Waals surface area contributed by atoms with Gasteiger partial charge < -0.3 is 0 Å². The molecule has 1 atom stereocenters. The Bertz CT molecular complexity index is 1480. The summed E-state index contributed by atoms with van der Waals surface area (Å²) >= 11 is 5.83. The van der Waals surface area contributed by atoms with Crippen molar-refractivity contribution >= 4 is 41.3 Å². The second kappa shape index (κ2) is 8.84. The highest BCUT2D eigenvalue weighted by Crippen LogP contribution is 2.27. The van der Waals surface area contributed by atoms with Gasteiger partial charge in [-0.15, -0.1) is 0 Å². The van der Waals surface area contributed by atoms with Gasteiger partial charge in [-0.05, 0) is 72.5 Å². The average molecular weight is 526 g/mol. The highest BCUT2D eigenvalue weighted by Gasteiger charge is 2.34. The third kappa shape index (κ3) is 4.99. The van der Waals surface area contributed by atoms with Crippen LogP contribution in [0.5, 0.6) is 0 Å².